The Morgan fingerprint density at radius 2 is 1.85 bits per heavy atom. The second-order valence-corrected chi connectivity index (χ2v) is 7.09. The van der Waals surface area contributed by atoms with E-state index in [2.05, 4.69) is 5.32 Å². The van der Waals surface area contributed by atoms with E-state index in [4.69, 9.17) is 9.47 Å². The lowest BCUT2D eigenvalue weighted by Gasteiger charge is -2.14. The Balaban J connectivity index is 2.05. The molecule has 0 heterocycles. The van der Waals surface area contributed by atoms with Crippen molar-refractivity contribution in [3.63, 3.8) is 0 Å². The van der Waals surface area contributed by atoms with Crippen LogP contribution in [0.1, 0.15) is 29.8 Å². The molecule has 5 nitrogen and oxygen atoms in total. The molecule has 0 aliphatic rings. The number of nitrogens with one attached hydrogen (secondary N) is 1. The second-order valence-electron chi connectivity index (χ2n) is 5.68. The Morgan fingerprint density at radius 1 is 1.15 bits per heavy atom. The SMILES string of the molecule is CCOC(=O)c1ccc(C)c(NC(=O)[C@H](C)Sc2ccc(OC)cc2)c1. The first-order valence-corrected chi connectivity index (χ1v) is 9.22. The van der Waals surface area contributed by atoms with Gasteiger partial charge in [0.2, 0.25) is 5.91 Å². The molecule has 2 rings (SSSR count). The summed E-state index contributed by atoms with van der Waals surface area (Å²) in [6, 6.07) is 12.7. The summed E-state index contributed by atoms with van der Waals surface area (Å²) in [7, 11) is 1.62. The molecule has 1 amide bonds. The van der Waals surface area contributed by atoms with Crippen LogP contribution in [0.3, 0.4) is 0 Å². The number of esters is 1. The van der Waals surface area contributed by atoms with E-state index in [1.807, 2.05) is 38.1 Å². The average Bonchev–Trinajstić information content (AvgIpc) is 2.64. The van der Waals surface area contributed by atoms with E-state index >= 15 is 0 Å². The van der Waals surface area contributed by atoms with Gasteiger partial charge in [-0.05, 0) is 62.7 Å². The van der Waals surface area contributed by atoms with Crippen molar-refractivity contribution in [1.29, 1.82) is 0 Å². The third-order valence-electron chi connectivity index (χ3n) is 3.75. The largest absolute Gasteiger partial charge is 0.497 e. The summed E-state index contributed by atoms with van der Waals surface area (Å²) in [5.74, 6) is 0.247. The Hall–Kier alpha value is -2.47. The molecule has 0 saturated carbocycles. The highest BCUT2D eigenvalue weighted by molar-refractivity contribution is 8.00. The van der Waals surface area contributed by atoms with Crippen LogP contribution < -0.4 is 10.1 Å². The predicted molar refractivity (Wildman–Crippen MR) is 104 cm³/mol. The molecule has 0 aliphatic heterocycles. The second kappa shape index (κ2) is 9.29. The van der Waals surface area contributed by atoms with Gasteiger partial charge in [-0.15, -0.1) is 11.8 Å². The molecule has 2 aromatic rings. The molecule has 0 saturated heterocycles. The Labute approximate surface area is 158 Å². The van der Waals surface area contributed by atoms with Crippen LogP contribution in [-0.4, -0.2) is 30.8 Å². The van der Waals surface area contributed by atoms with E-state index in [1.165, 1.54) is 11.8 Å². The summed E-state index contributed by atoms with van der Waals surface area (Å²) in [6.07, 6.45) is 0. The first-order chi connectivity index (χ1) is 12.4. The molecule has 0 aliphatic carbocycles. The maximum atomic E-state index is 12.5. The number of rotatable bonds is 7. The van der Waals surface area contributed by atoms with Crippen LogP contribution in [0.2, 0.25) is 0 Å². The first kappa shape index (κ1) is 19.8. The van der Waals surface area contributed by atoms with Gasteiger partial charge in [0.15, 0.2) is 0 Å². The van der Waals surface area contributed by atoms with Crippen molar-refractivity contribution < 1.29 is 19.1 Å². The van der Waals surface area contributed by atoms with Crippen molar-refractivity contribution in [1.82, 2.24) is 0 Å². The summed E-state index contributed by atoms with van der Waals surface area (Å²) in [4.78, 5) is 25.4. The number of aryl methyl sites for hydroxylation is 1. The number of methoxy groups -OCH3 is 1. The van der Waals surface area contributed by atoms with Gasteiger partial charge in [-0.25, -0.2) is 4.79 Å². The van der Waals surface area contributed by atoms with E-state index in [1.54, 1.807) is 32.2 Å². The fourth-order valence-corrected chi connectivity index (χ4v) is 3.11. The van der Waals surface area contributed by atoms with Gasteiger partial charge in [0, 0.05) is 10.6 Å². The molecule has 0 spiro atoms. The van der Waals surface area contributed by atoms with E-state index in [9.17, 15) is 9.59 Å². The van der Waals surface area contributed by atoms with Crippen LogP contribution >= 0.6 is 11.8 Å². The molecule has 138 valence electrons. The summed E-state index contributed by atoms with van der Waals surface area (Å²) < 4.78 is 10.1. The Bertz CT molecular complexity index is 774. The average molecular weight is 373 g/mol. The normalized spacial score (nSPS) is 11.5. The molecule has 0 bridgehead atoms. The number of anilines is 1. The maximum absolute atomic E-state index is 12.5. The zero-order chi connectivity index (χ0) is 19.1. The van der Waals surface area contributed by atoms with Crippen molar-refractivity contribution in [3.05, 3.63) is 53.6 Å². The molecular formula is C20H23NO4S. The molecule has 2 aromatic carbocycles. The summed E-state index contributed by atoms with van der Waals surface area (Å²) in [6.45, 7) is 5.79. The number of ether oxygens (including phenoxy) is 2. The lowest BCUT2D eigenvalue weighted by Crippen LogP contribution is -2.23. The zero-order valence-electron chi connectivity index (χ0n) is 15.4. The monoisotopic (exact) mass is 373 g/mol. The summed E-state index contributed by atoms with van der Waals surface area (Å²) in [5, 5.41) is 2.60. The van der Waals surface area contributed by atoms with E-state index < -0.39 is 5.97 Å². The van der Waals surface area contributed by atoms with E-state index in [0.29, 0.717) is 17.9 Å². The van der Waals surface area contributed by atoms with E-state index in [0.717, 1.165) is 16.2 Å². The highest BCUT2D eigenvalue weighted by atomic mass is 32.2. The topological polar surface area (TPSA) is 64.6 Å². The van der Waals surface area contributed by atoms with Crippen LogP contribution in [0.15, 0.2) is 47.4 Å². The highest BCUT2D eigenvalue weighted by Crippen LogP contribution is 2.27. The smallest absolute Gasteiger partial charge is 0.338 e. The molecule has 26 heavy (non-hydrogen) atoms. The van der Waals surface area contributed by atoms with Crippen LogP contribution in [0.4, 0.5) is 5.69 Å². The van der Waals surface area contributed by atoms with Gasteiger partial charge in [0.05, 0.1) is 24.5 Å². The number of hydrogen-bond acceptors (Lipinski definition) is 5. The van der Waals surface area contributed by atoms with Crippen LogP contribution in [0.5, 0.6) is 5.75 Å². The quantitative estimate of drug-likeness (QED) is 0.579. The van der Waals surface area contributed by atoms with Crippen molar-refractivity contribution in [2.75, 3.05) is 19.0 Å². The Kier molecular flexibility index (Phi) is 7.09. The number of carbonyl (C=O) groups is 2. The molecular weight excluding hydrogens is 350 g/mol. The van der Waals surface area contributed by atoms with Gasteiger partial charge in [0.1, 0.15) is 5.75 Å². The van der Waals surface area contributed by atoms with Crippen molar-refractivity contribution in [2.24, 2.45) is 0 Å². The zero-order valence-corrected chi connectivity index (χ0v) is 16.2. The van der Waals surface area contributed by atoms with Gasteiger partial charge < -0.3 is 14.8 Å². The van der Waals surface area contributed by atoms with Crippen LogP contribution in [-0.2, 0) is 9.53 Å². The molecule has 0 fully saturated rings. The van der Waals surface area contributed by atoms with Crippen molar-refractivity contribution >= 4 is 29.3 Å². The molecule has 1 N–H and O–H groups in total. The van der Waals surface area contributed by atoms with Gasteiger partial charge in [-0.2, -0.15) is 0 Å². The number of benzene rings is 2. The summed E-state index contributed by atoms with van der Waals surface area (Å²) >= 11 is 1.46. The van der Waals surface area contributed by atoms with Gasteiger partial charge in [0.25, 0.3) is 0 Å². The van der Waals surface area contributed by atoms with Crippen molar-refractivity contribution in [2.45, 2.75) is 30.9 Å². The number of hydrogen-bond donors (Lipinski definition) is 1. The minimum atomic E-state index is -0.399. The highest BCUT2D eigenvalue weighted by Gasteiger charge is 2.17. The predicted octanol–water partition coefficient (Wildman–Crippen LogP) is 4.30. The molecule has 0 radical (unpaired) electrons. The molecule has 0 aromatic heterocycles. The standard InChI is InChI=1S/C20H23NO4S/c1-5-25-20(23)15-7-6-13(2)18(12-15)21-19(22)14(3)26-17-10-8-16(24-4)9-11-17/h6-12,14H,5H2,1-4H3,(H,21,22)/t14-/m0/s1. The fraction of sp³-hybridized carbons (Fsp3) is 0.300. The van der Waals surface area contributed by atoms with Gasteiger partial charge >= 0.3 is 5.97 Å². The molecule has 6 heteroatoms. The first-order valence-electron chi connectivity index (χ1n) is 8.34. The third kappa shape index (κ3) is 5.26. The number of carbonyl (C=O) groups excluding carboxylic acids is 2. The minimum Gasteiger partial charge on any atom is -0.497 e. The third-order valence-corrected chi connectivity index (χ3v) is 4.86. The Morgan fingerprint density at radius 3 is 2.46 bits per heavy atom. The maximum Gasteiger partial charge on any atom is 0.338 e. The molecule has 1 atom stereocenters. The minimum absolute atomic E-state index is 0.130. The molecule has 0 unspecified atom stereocenters. The van der Waals surface area contributed by atoms with Crippen LogP contribution in [0.25, 0.3) is 0 Å². The lowest BCUT2D eigenvalue weighted by molar-refractivity contribution is -0.115. The lowest BCUT2D eigenvalue weighted by atomic mass is 10.1. The van der Waals surface area contributed by atoms with Crippen molar-refractivity contribution in [3.8, 4) is 5.75 Å². The van der Waals surface area contributed by atoms with Gasteiger partial charge in [-0.3, -0.25) is 4.79 Å². The van der Waals surface area contributed by atoms with Gasteiger partial charge in [-0.1, -0.05) is 6.07 Å². The van der Waals surface area contributed by atoms with Crippen LogP contribution in [0, 0.1) is 6.92 Å². The summed E-state index contributed by atoms with van der Waals surface area (Å²) in [5.41, 5.74) is 1.92. The number of amides is 1. The van der Waals surface area contributed by atoms with E-state index in [-0.39, 0.29) is 11.2 Å². The number of thioether (sulfide) groups is 1. The fourth-order valence-electron chi connectivity index (χ4n) is 2.24.